The molecule has 1 aliphatic rings. The number of benzene rings is 2. The Hall–Kier alpha value is -3.31. The van der Waals surface area contributed by atoms with Crippen molar-refractivity contribution in [3.05, 3.63) is 104 Å². The lowest BCUT2D eigenvalue weighted by Gasteiger charge is -2.21. The maximum atomic E-state index is 14.4. The highest BCUT2D eigenvalue weighted by molar-refractivity contribution is 8.09. The van der Waals surface area contributed by atoms with Crippen LogP contribution in [0.2, 0.25) is 0 Å². The molecule has 0 N–H and O–H groups in total. The third-order valence-electron chi connectivity index (χ3n) is 6.11. The van der Waals surface area contributed by atoms with Crippen LogP contribution in [0.5, 0.6) is 0 Å². The molecule has 0 unspecified atom stereocenters. The molecule has 0 atom stereocenters. The molecule has 0 bridgehead atoms. The zero-order valence-corrected chi connectivity index (χ0v) is 24.9. The Labute approximate surface area is 245 Å². The van der Waals surface area contributed by atoms with Gasteiger partial charge in [0.05, 0.1) is 26.2 Å². The van der Waals surface area contributed by atoms with Crippen molar-refractivity contribution in [1.82, 2.24) is 4.90 Å². The molecule has 11 heteroatoms. The summed E-state index contributed by atoms with van der Waals surface area (Å²) in [6, 6.07) is 13.2. The van der Waals surface area contributed by atoms with Crippen LogP contribution in [0.4, 0.5) is 27.6 Å². The van der Waals surface area contributed by atoms with Crippen LogP contribution >= 0.6 is 23.5 Å². The molecule has 0 fully saturated rings. The molecule has 218 valence electrons. The molecule has 0 radical (unpaired) electrons. The number of anilines is 1. The lowest BCUT2D eigenvalue weighted by molar-refractivity contribution is -0.690. The minimum absolute atomic E-state index is 0.0354. The Morgan fingerprint density at radius 2 is 1.76 bits per heavy atom. The Kier molecular flexibility index (Phi) is 11.0. The van der Waals surface area contributed by atoms with Gasteiger partial charge in [-0.05, 0) is 38.1 Å². The Bertz CT molecular complexity index is 1460. The first-order chi connectivity index (χ1) is 19.5. The molecule has 1 aromatic heterocycles. The summed E-state index contributed by atoms with van der Waals surface area (Å²) in [6.45, 7) is 7.92. The van der Waals surface area contributed by atoms with E-state index < -0.39 is 23.4 Å². The van der Waals surface area contributed by atoms with E-state index in [0.717, 1.165) is 28.8 Å². The van der Waals surface area contributed by atoms with E-state index >= 15 is 0 Å². The number of rotatable bonds is 8. The molecule has 0 saturated carbocycles. The summed E-state index contributed by atoms with van der Waals surface area (Å²) >= 11 is 2.37. The smallest absolute Gasteiger partial charge is 0.337 e. The molecule has 1 amide bonds. The van der Waals surface area contributed by atoms with Gasteiger partial charge in [0.15, 0.2) is 24.4 Å². The van der Waals surface area contributed by atoms with E-state index in [0.29, 0.717) is 34.4 Å². The average Bonchev–Trinajstić information content (AvgIpc) is 3.30. The van der Waals surface area contributed by atoms with Gasteiger partial charge in [0.2, 0.25) is 12.1 Å². The fourth-order valence-corrected chi connectivity index (χ4v) is 6.45. The van der Waals surface area contributed by atoms with Crippen molar-refractivity contribution in [3.63, 3.8) is 0 Å². The van der Waals surface area contributed by atoms with Crippen molar-refractivity contribution < 1.29 is 31.3 Å². The molecule has 41 heavy (non-hydrogen) atoms. The van der Waals surface area contributed by atoms with Crippen LogP contribution in [0.3, 0.4) is 0 Å². The summed E-state index contributed by atoms with van der Waals surface area (Å²) < 4.78 is 70.7. The van der Waals surface area contributed by atoms with E-state index in [-0.39, 0.29) is 17.0 Å². The number of fused-ring (bicyclic) bond motifs is 1. The standard InChI is InChI=1S/C28H25F5N3OS2.C2H6/c1-4-35(17-37)24(38-18(2)27-34(3)23-13-12-22(29)25(30)26(23)39-27)15-20-10-7-8-14-36(20)16-19-9-5-6-11-21(19)28(31,32)33;1-2/h5-15,17H,4,16H2,1-3H3;1-2H3/q+1;/b27-18+;. The average molecular weight is 609 g/mol. The van der Waals surface area contributed by atoms with Crippen molar-refractivity contribution in [3.8, 4) is 0 Å². The van der Waals surface area contributed by atoms with Gasteiger partial charge in [-0.1, -0.05) is 55.6 Å². The molecule has 4 nitrogen and oxygen atoms in total. The molecule has 4 rings (SSSR count). The highest BCUT2D eigenvalue weighted by Gasteiger charge is 2.34. The third-order valence-corrected chi connectivity index (χ3v) is 8.67. The first-order valence-corrected chi connectivity index (χ1v) is 14.5. The first-order valence-electron chi connectivity index (χ1n) is 12.9. The van der Waals surface area contributed by atoms with Gasteiger partial charge in [0.1, 0.15) is 0 Å². The van der Waals surface area contributed by atoms with Crippen LogP contribution in [-0.4, -0.2) is 24.9 Å². The SMILES string of the molecule is CC.CCN(C=O)/C(=C/c1cccc[n+]1Cc1ccccc1C(F)(F)F)S/C(C)=C1/Sc2c(ccc(F)c2F)N1C. The monoisotopic (exact) mass is 608 g/mol. The van der Waals surface area contributed by atoms with Crippen molar-refractivity contribution in [2.24, 2.45) is 0 Å². The number of allylic oxidation sites excluding steroid dienone is 1. The van der Waals surface area contributed by atoms with E-state index in [1.165, 1.54) is 34.9 Å². The van der Waals surface area contributed by atoms with E-state index in [1.54, 1.807) is 60.0 Å². The van der Waals surface area contributed by atoms with E-state index in [9.17, 15) is 26.7 Å². The summed E-state index contributed by atoms with van der Waals surface area (Å²) in [7, 11) is 1.75. The number of nitrogens with zero attached hydrogens (tertiary/aromatic N) is 3. The number of alkyl halides is 3. The second kappa shape index (κ2) is 14.0. The number of pyridine rings is 1. The number of aromatic nitrogens is 1. The lowest BCUT2D eigenvalue weighted by atomic mass is 10.1. The second-order valence-electron chi connectivity index (χ2n) is 8.62. The maximum Gasteiger partial charge on any atom is 0.416 e. The zero-order valence-electron chi connectivity index (χ0n) is 23.3. The van der Waals surface area contributed by atoms with Crippen LogP contribution in [0.15, 0.2) is 80.7 Å². The summed E-state index contributed by atoms with van der Waals surface area (Å²) in [6.07, 6.45) is -0.403. The van der Waals surface area contributed by atoms with Crippen molar-refractivity contribution in [2.75, 3.05) is 18.5 Å². The Morgan fingerprint density at radius 1 is 1.07 bits per heavy atom. The minimum Gasteiger partial charge on any atom is -0.337 e. The fraction of sp³-hybridized carbons (Fsp3) is 0.267. The number of hydrogen-bond acceptors (Lipinski definition) is 4. The van der Waals surface area contributed by atoms with Crippen LogP contribution in [0, 0.1) is 11.6 Å². The summed E-state index contributed by atoms with van der Waals surface area (Å²) in [5.41, 5.74) is 0.520. The van der Waals surface area contributed by atoms with Crippen LogP contribution in [-0.2, 0) is 17.5 Å². The van der Waals surface area contributed by atoms with Gasteiger partial charge in [-0.15, -0.1) is 0 Å². The number of halogens is 5. The molecular weight excluding hydrogens is 577 g/mol. The zero-order chi connectivity index (χ0) is 30.3. The fourth-order valence-electron chi connectivity index (χ4n) is 4.13. The van der Waals surface area contributed by atoms with Gasteiger partial charge in [0.25, 0.3) is 0 Å². The van der Waals surface area contributed by atoms with E-state index in [1.807, 2.05) is 20.8 Å². The number of thioether (sulfide) groups is 2. The van der Waals surface area contributed by atoms with Crippen LogP contribution in [0.1, 0.15) is 44.5 Å². The summed E-state index contributed by atoms with van der Waals surface area (Å²) in [5.74, 6) is -1.85. The van der Waals surface area contributed by atoms with Crippen LogP contribution < -0.4 is 9.47 Å². The van der Waals surface area contributed by atoms with Crippen molar-refractivity contribution in [1.29, 1.82) is 0 Å². The Balaban J connectivity index is 0.00000226. The summed E-state index contributed by atoms with van der Waals surface area (Å²) in [4.78, 5) is 16.1. The third kappa shape index (κ3) is 7.32. The van der Waals surface area contributed by atoms with Gasteiger partial charge in [-0.2, -0.15) is 17.7 Å². The van der Waals surface area contributed by atoms with Gasteiger partial charge >= 0.3 is 6.18 Å². The highest BCUT2D eigenvalue weighted by Crippen LogP contribution is 2.50. The quantitative estimate of drug-likeness (QED) is 0.146. The topological polar surface area (TPSA) is 27.4 Å². The predicted octanol–water partition coefficient (Wildman–Crippen LogP) is 8.29. The van der Waals surface area contributed by atoms with Gasteiger partial charge in [-0.3, -0.25) is 4.79 Å². The molecular formula is C30H31F5N3OS2+. The second-order valence-corrected chi connectivity index (χ2v) is 10.9. The minimum atomic E-state index is -4.49. The normalized spacial score (nSPS) is 14.3. The largest absolute Gasteiger partial charge is 0.416 e. The van der Waals surface area contributed by atoms with Crippen LogP contribution in [0.25, 0.3) is 6.08 Å². The number of hydrogen-bond donors (Lipinski definition) is 0. The first kappa shape index (κ1) is 32.2. The van der Waals surface area contributed by atoms with Gasteiger partial charge in [-0.25, -0.2) is 8.78 Å². The number of carbonyl (C=O) groups is 1. The molecule has 1 aliphatic heterocycles. The maximum absolute atomic E-state index is 14.4. The van der Waals surface area contributed by atoms with Crippen molar-refractivity contribution >= 4 is 41.7 Å². The number of carbonyl (C=O) groups excluding carboxylic acids is 1. The van der Waals surface area contributed by atoms with Gasteiger partial charge in [0, 0.05) is 42.3 Å². The lowest BCUT2D eigenvalue weighted by Crippen LogP contribution is -2.38. The van der Waals surface area contributed by atoms with E-state index in [2.05, 4.69) is 0 Å². The molecule has 2 aromatic carbocycles. The molecule has 0 spiro atoms. The molecule has 2 heterocycles. The number of amides is 1. The van der Waals surface area contributed by atoms with Crippen molar-refractivity contribution in [2.45, 2.75) is 45.3 Å². The molecule has 0 saturated heterocycles. The predicted molar refractivity (Wildman–Crippen MR) is 156 cm³/mol. The molecule has 0 aliphatic carbocycles. The van der Waals surface area contributed by atoms with Gasteiger partial charge < -0.3 is 9.80 Å². The summed E-state index contributed by atoms with van der Waals surface area (Å²) in [5, 5.41) is 1.20. The Morgan fingerprint density at radius 3 is 2.41 bits per heavy atom. The van der Waals surface area contributed by atoms with E-state index in [4.69, 9.17) is 0 Å². The highest BCUT2D eigenvalue weighted by atomic mass is 32.2. The molecule has 3 aromatic rings.